The highest BCUT2D eigenvalue weighted by Gasteiger charge is 2.42. The van der Waals surface area contributed by atoms with E-state index < -0.39 is 15.1 Å². The van der Waals surface area contributed by atoms with Crippen molar-refractivity contribution in [3.63, 3.8) is 0 Å². The minimum atomic E-state index is -1.81. The zero-order valence-corrected chi connectivity index (χ0v) is 11.1. The second-order valence-electron chi connectivity index (χ2n) is 5.36. The summed E-state index contributed by atoms with van der Waals surface area (Å²) < 4.78 is 18.0. The summed E-state index contributed by atoms with van der Waals surface area (Å²) in [6, 6.07) is 0. The van der Waals surface area contributed by atoms with Crippen molar-refractivity contribution in [2.75, 3.05) is 0 Å². The largest absolute Gasteiger partial charge is 0.906 e. The molecule has 0 aromatic rings. The van der Waals surface area contributed by atoms with Crippen molar-refractivity contribution in [2.45, 2.75) is 76.1 Å². The fourth-order valence-corrected chi connectivity index (χ4v) is 4.04. The zero-order chi connectivity index (χ0) is 10.8. The van der Waals surface area contributed by atoms with Crippen LogP contribution in [0.15, 0.2) is 0 Å². The Bertz CT molecular complexity index is 186. The van der Waals surface area contributed by atoms with Crippen LogP contribution in [0.3, 0.4) is 0 Å². The van der Waals surface area contributed by atoms with Gasteiger partial charge < -0.3 is 11.4 Å². The molecule has 0 amide bonds. The molecule has 3 aliphatic rings. The van der Waals surface area contributed by atoms with Crippen LogP contribution in [0.5, 0.6) is 0 Å². The van der Waals surface area contributed by atoms with E-state index in [1.807, 2.05) is 0 Å². The molecule has 0 bridgehead atoms. The molecule has 0 heterocycles. The molecule has 0 aromatic carbocycles. The molecule has 0 saturated heterocycles. The maximum atomic E-state index is 5.99. The molecular formula is C12H21AlO3. The number of hydrogen-bond acceptors (Lipinski definition) is 3. The fraction of sp³-hybridized carbons (Fsp3) is 1.00. The Morgan fingerprint density at radius 2 is 0.875 bits per heavy atom. The van der Waals surface area contributed by atoms with E-state index in [4.69, 9.17) is 11.4 Å². The van der Waals surface area contributed by atoms with E-state index >= 15 is 0 Å². The van der Waals surface area contributed by atoms with Gasteiger partial charge in [0.2, 0.25) is 0 Å². The van der Waals surface area contributed by atoms with Gasteiger partial charge in [0.05, 0.1) is 0 Å². The maximum absolute atomic E-state index is 5.99. The molecule has 4 heteroatoms. The SMILES string of the molecule is C1CC([O][Al]([O]C2CCC2)[O]C2CCC2)C1. The van der Waals surface area contributed by atoms with Gasteiger partial charge in [-0.05, 0) is 57.8 Å². The molecule has 3 aliphatic carbocycles. The van der Waals surface area contributed by atoms with Gasteiger partial charge in [0.1, 0.15) is 0 Å². The summed E-state index contributed by atoms with van der Waals surface area (Å²) in [5.41, 5.74) is 0. The second kappa shape index (κ2) is 5.37. The summed E-state index contributed by atoms with van der Waals surface area (Å²) in [6.45, 7) is 0. The Morgan fingerprint density at radius 3 is 1.06 bits per heavy atom. The van der Waals surface area contributed by atoms with Crippen LogP contribution in [-0.4, -0.2) is 33.5 Å². The zero-order valence-electron chi connectivity index (χ0n) is 9.90. The molecule has 3 saturated carbocycles. The molecule has 0 atom stereocenters. The average Bonchev–Trinajstić information content (AvgIpc) is 2.08. The summed E-state index contributed by atoms with van der Waals surface area (Å²) >= 11 is -1.81. The summed E-state index contributed by atoms with van der Waals surface area (Å²) in [5.74, 6) is 0. The summed E-state index contributed by atoms with van der Waals surface area (Å²) in [4.78, 5) is 0. The van der Waals surface area contributed by atoms with Gasteiger partial charge in [-0.25, -0.2) is 0 Å². The van der Waals surface area contributed by atoms with Crippen molar-refractivity contribution >= 4 is 15.1 Å². The molecule has 3 rings (SSSR count). The molecule has 0 aliphatic heterocycles. The van der Waals surface area contributed by atoms with Crippen LogP contribution in [0.25, 0.3) is 0 Å². The lowest BCUT2D eigenvalue weighted by atomic mass is 9.97. The summed E-state index contributed by atoms with van der Waals surface area (Å²) in [5, 5.41) is 0. The highest BCUT2D eigenvalue weighted by molar-refractivity contribution is 6.36. The van der Waals surface area contributed by atoms with E-state index in [0.29, 0.717) is 18.3 Å². The van der Waals surface area contributed by atoms with Gasteiger partial charge in [-0.1, -0.05) is 0 Å². The Kier molecular flexibility index (Phi) is 3.86. The van der Waals surface area contributed by atoms with E-state index in [9.17, 15) is 0 Å². The van der Waals surface area contributed by atoms with Crippen molar-refractivity contribution < 1.29 is 11.4 Å². The summed E-state index contributed by atoms with van der Waals surface area (Å²) in [6.07, 6.45) is 12.6. The lowest BCUT2D eigenvalue weighted by Gasteiger charge is -2.35. The predicted molar refractivity (Wildman–Crippen MR) is 61.9 cm³/mol. The normalized spacial score (nSPS) is 27.0. The molecule has 0 radical (unpaired) electrons. The van der Waals surface area contributed by atoms with E-state index in [1.165, 1.54) is 57.8 Å². The van der Waals surface area contributed by atoms with Crippen LogP contribution in [0.4, 0.5) is 0 Å². The van der Waals surface area contributed by atoms with Crippen LogP contribution in [-0.2, 0) is 11.4 Å². The van der Waals surface area contributed by atoms with E-state index in [-0.39, 0.29) is 0 Å². The van der Waals surface area contributed by atoms with Crippen molar-refractivity contribution in [1.29, 1.82) is 0 Å². The molecule has 3 fully saturated rings. The van der Waals surface area contributed by atoms with Gasteiger partial charge in [-0.3, -0.25) is 0 Å². The van der Waals surface area contributed by atoms with Gasteiger partial charge in [-0.2, -0.15) is 0 Å². The monoisotopic (exact) mass is 240 g/mol. The van der Waals surface area contributed by atoms with Crippen molar-refractivity contribution in [3.8, 4) is 0 Å². The highest BCUT2D eigenvalue weighted by atomic mass is 27.3. The smallest absolute Gasteiger partial charge is 0.452 e. The van der Waals surface area contributed by atoms with Crippen molar-refractivity contribution in [2.24, 2.45) is 0 Å². The first kappa shape index (κ1) is 11.5. The lowest BCUT2D eigenvalue weighted by molar-refractivity contribution is -0.0414. The molecule has 90 valence electrons. The first-order valence-corrected chi connectivity index (χ1v) is 8.28. The average molecular weight is 240 g/mol. The molecule has 16 heavy (non-hydrogen) atoms. The number of rotatable bonds is 6. The van der Waals surface area contributed by atoms with E-state index in [2.05, 4.69) is 0 Å². The standard InChI is InChI=1S/3C4H7O.Al/c3*5-4-2-1-3-4;/h3*4H,1-3H2;/q3*-1;+3. The van der Waals surface area contributed by atoms with Crippen LogP contribution < -0.4 is 0 Å². The van der Waals surface area contributed by atoms with Crippen molar-refractivity contribution in [3.05, 3.63) is 0 Å². The molecule has 0 unspecified atom stereocenters. The Hall–Kier alpha value is 0.412. The van der Waals surface area contributed by atoms with Crippen LogP contribution >= 0.6 is 0 Å². The third-order valence-electron chi connectivity index (χ3n) is 4.07. The Morgan fingerprint density at radius 1 is 0.562 bits per heavy atom. The van der Waals surface area contributed by atoms with Gasteiger partial charge in [0.15, 0.2) is 0 Å². The highest BCUT2D eigenvalue weighted by Crippen LogP contribution is 2.29. The van der Waals surface area contributed by atoms with Crippen LogP contribution in [0.2, 0.25) is 0 Å². The lowest BCUT2D eigenvalue weighted by Crippen LogP contribution is -2.43. The molecular weight excluding hydrogens is 219 g/mol. The van der Waals surface area contributed by atoms with Crippen LogP contribution in [0, 0.1) is 0 Å². The van der Waals surface area contributed by atoms with Gasteiger partial charge in [-0.15, -0.1) is 0 Å². The first-order chi connectivity index (χ1) is 7.90. The van der Waals surface area contributed by atoms with Crippen LogP contribution in [0.1, 0.15) is 57.8 Å². The maximum Gasteiger partial charge on any atom is 0.906 e. The molecule has 0 spiro atoms. The minimum Gasteiger partial charge on any atom is -0.452 e. The fourth-order valence-electron chi connectivity index (χ4n) is 2.09. The van der Waals surface area contributed by atoms with Gasteiger partial charge >= 0.3 is 15.1 Å². The van der Waals surface area contributed by atoms with E-state index in [0.717, 1.165) is 0 Å². The van der Waals surface area contributed by atoms with E-state index in [1.54, 1.807) is 0 Å². The second-order valence-corrected chi connectivity index (χ2v) is 6.75. The third-order valence-corrected chi connectivity index (χ3v) is 5.89. The Labute approximate surface area is 103 Å². The minimum absolute atomic E-state index is 0.455. The number of hydrogen-bond donors (Lipinski definition) is 0. The van der Waals surface area contributed by atoms with Gasteiger partial charge in [0.25, 0.3) is 0 Å². The third kappa shape index (κ3) is 2.80. The molecule has 0 aromatic heterocycles. The first-order valence-electron chi connectivity index (χ1n) is 6.86. The molecule has 3 nitrogen and oxygen atoms in total. The quantitative estimate of drug-likeness (QED) is 0.668. The molecule has 0 N–H and O–H groups in total. The Balaban J connectivity index is 1.44. The predicted octanol–water partition coefficient (Wildman–Crippen LogP) is 2.68. The topological polar surface area (TPSA) is 27.7 Å². The van der Waals surface area contributed by atoms with Gasteiger partial charge in [0, 0.05) is 18.3 Å². The summed E-state index contributed by atoms with van der Waals surface area (Å²) in [7, 11) is 0. The van der Waals surface area contributed by atoms with Crippen molar-refractivity contribution in [1.82, 2.24) is 0 Å².